The number of fused-ring (bicyclic) bond motifs is 2. The van der Waals surface area contributed by atoms with E-state index in [9.17, 15) is 9.59 Å². The summed E-state index contributed by atoms with van der Waals surface area (Å²) in [5, 5.41) is 6.37. The number of carbonyl (C=O) groups is 2. The van der Waals surface area contributed by atoms with Gasteiger partial charge in [-0.2, -0.15) is 0 Å². The van der Waals surface area contributed by atoms with E-state index >= 15 is 0 Å². The number of thiazole rings is 1. The molecule has 31 heavy (non-hydrogen) atoms. The summed E-state index contributed by atoms with van der Waals surface area (Å²) in [6, 6.07) is 14.4. The van der Waals surface area contributed by atoms with Gasteiger partial charge < -0.3 is 14.8 Å². The minimum Gasteiger partial charge on any atom is -0.486 e. The Labute approximate surface area is 183 Å². The maximum Gasteiger partial charge on any atom is 0.257 e. The van der Waals surface area contributed by atoms with Crippen molar-refractivity contribution >= 4 is 34.0 Å². The average Bonchev–Trinajstić information content (AvgIpc) is 3.22. The number of rotatable bonds is 4. The average molecular weight is 436 g/mol. The van der Waals surface area contributed by atoms with Gasteiger partial charge in [0.25, 0.3) is 5.91 Å². The third-order valence-electron chi connectivity index (χ3n) is 5.34. The zero-order chi connectivity index (χ0) is 21.2. The molecule has 3 aromatic rings. The first-order valence-electron chi connectivity index (χ1n) is 10.2. The number of hydrogen-bond donors (Lipinski definition) is 2. The van der Waals surface area contributed by atoms with E-state index in [2.05, 4.69) is 15.6 Å². The highest BCUT2D eigenvalue weighted by atomic mass is 32.1. The van der Waals surface area contributed by atoms with E-state index in [1.807, 2.05) is 24.3 Å². The van der Waals surface area contributed by atoms with Crippen LogP contribution >= 0.6 is 11.3 Å². The number of nitrogens with one attached hydrogen (secondary N) is 2. The molecular formula is C23H21N3O4S. The topological polar surface area (TPSA) is 89.6 Å². The first-order chi connectivity index (χ1) is 15.2. The van der Waals surface area contributed by atoms with Gasteiger partial charge in [-0.1, -0.05) is 18.2 Å². The summed E-state index contributed by atoms with van der Waals surface area (Å²) in [7, 11) is 0. The second kappa shape index (κ2) is 8.39. The molecule has 0 radical (unpaired) electrons. The lowest BCUT2D eigenvalue weighted by atomic mass is 9.90. The molecule has 7 nitrogen and oxygen atoms in total. The minimum atomic E-state index is -0.351. The van der Waals surface area contributed by atoms with E-state index in [0.29, 0.717) is 41.1 Å². The maximum atomic E-state index is 13.0. The van der Waals surface area contributed by atoms with Gasteiger partial charge in [-0.3, -0.25) is 14.9 Å². The van der Waals surface area contributed by atoms with E-state index in [1.54, 1.807) is 24.3 Å². The molecule has 0 saturated carbocycles. The zero-order valence-electron chi connectivity index (χ0n) is 16.7. The molecule has 0 saturated heterocycles. The second-order valence-electron chi connectivity index (χ2n) is 7.44. The summed E-state index contributed by atoms with van der Waals surface area (Å²) < 4.78 is 11.1. The summed E-state index contributed by atoms with van der Waals surface area (Å²) in [6.07, 6.45) is 2.49. The van der Waals surface area contributed by atoms with Crippen LogP contribution in [0.15, 0.2) is 48.5 Å². The molecule has 2 aromatic carbocycles. The Balaban J connectivity index is 1.32. The number of ether oxygens (including phenoxy) is 2. The van der Waals surface area contributed by atoms with Crippen molar-refractivity contribution in [1.29, 1.82) is 0 Å². The van der Waals surface area contributed by atoms with Crippen molar-refractivity contribution < 1.29 is 19.1 Å². The molecule has 5 rings (SSSR count). The molecule has 1 aliphatic heterocycles. The van der Waals surface area contributed by atoms with Crippen LogP contribution in [0.2, 0.25) is 0 Å². The fourth-order valence-electron chi connectivity index (χ4n) is 3.84. The third kappa shape index (κ3) is 4.11. The zero-order valence-corrected chi connectivity index (χ0v) is 17.5. The van der Waals surface area contributed by atoms with Gasteiger partial charge in [-0.25, -0.2) is 4.98 Å². The van der Waals surface area contributed by atoms with E-state index in [4.69, 9.17) is 9.47 Å². The first-order valence-corrected chi connectivity index (χ1v) is 11.1. The lowest BCUT2D eigenvalue weighted by Gasteiger charge is -2.22. The molecule has 0 bridgehead atoms. The van der Waals surface area contributed by atoms with Gasteiger partial charge in [0.05, 0.1) is 11.6 Å². The van der Waals surface area contributed by atoms with Gasteiger partial charge in [0.2, 0.25) is 5.91 Å². The summed E-state index contributed by atoms with van der Waals surface area (Å²) in [5.74, 6) is 0.652. The van der Waals surface area contributed by atoms with E-state index in [-0.39, 0.29) is 17.7 Å². The summed E-state index contributed by atoms with van der Waals surface area (Å²) in [5.41, 5.74) is 1.99. The molecule has 0 spiro atoms. The van der Waals surface area contributed by atoms with Crippen molar-refractivity contribution in [3.05, 3.63) is 64.7 Å². The van der Waals surface area contributed by atoms with Crippen LogP contribution in [0.4, 0.5) is 10.8 Å². The van der Waals surface area contributed by atoms with Crippen molar-refractivity contribution in [1.82, 2.24) is 4.98 Å². The molecule has 2 heterocycles. The summed E-state index contributed by atoms with van der Waals surface area (Å²) >= 11 is 1.44. The molecule has 1 aromatic heterocycles. The summed E-state index contributed by atoms with van der Waals surface area (Å²) in [6.45, 7) is 1.02. The van der Waals surface area contributed by atoms with E-state index in [1.165, 1.54) is 11.3 Å². The van der Waals surface area contributed by atoms with Crippen LogP contribution in [0.25, 0.3) is 0 Å². The minimum absolute atomic E-state index is 0.108. The Morgan fingerprint density at radius 2 is 1.81 bits per heavy atom. The van der Waals surface area contributed by atoms with Gasteiger partial charge >= 0.3 is 0 Å². The molecule has 1 atom stereocenters. The lowest BCUT2D eigenvalue weighted by molar-refractivity contribution is -0.117. The molecule has 1 aliphatic carbocycles. The van der Waals surface area contributed by atoms with Crippen LogP contribution in [-0.4, -0.2) is 30.0 Å². The molecular weight excluding hydrogens is 414 g/mol. The van der Waals surface area contributed by atoms with Crippen molar-refractivity contribution in [2.75, 3.05) is 23.8 Å². The number of amides is 2. The molecule has 2 N–H and O–H groups in total. The summed E-state index contributed by atoms with van der Waals surface area (Å²) in [4.78, 5) is 31.2. The van der Waals surface area contributed by atoms with Crippen LogP contribution in [0.3, 0.4) is 0 Å². The normalized spacial score (nSPS) is 16.8. The van der Waals surface area contributed by atoms with Gasteiger partial charge in [0.1, 0.15) is 13.2 Å². The third-order valence-corrected chi connectivity index (χ3v) is 6.38. The Kier molecular flexibility index (Phi) is 5.30. The first kappa shape index (κ1) is 19.6. The van der Waals surface area contributed by atoms with Gasteiger partial charge in [0, 0.05) is 22.2 Å². The molecule has 0 fully saturated rings. The highest BCUT2D eigenvalue weighted by Gasteiger charge is 2.31. The Hall–Kier alpha value is -3.39. The molecule has 2 amide bonds. The van der Waals surface area contributed by atoms with Gasteiger partial charge in [-0.05, 0) is 43.5 Å². The number of benzene rings is 2. The Morgan fingerprint density at radius 3 is 2.65 bits per heavy atom. The standard InChI is InChI=1S/C23H21N3O4S/c27-21(14-5-2-1-3-6-14)26-23-25-20-16(7-4-8-19(20)31-23)22(28)24-15-9-10-17-18(13-15)30-12-11-29-17/h1-3,5-6,9-10,13,16H,4,7-8,11-12H2,(H,24,28)(H,25,26,27). The van der Waals surface area contributed by atoms with Crippen LogP contribution in [0.1, 0.15) is 39.7 Å². The number of hydrogen-bond acceptors (Lipinski definition) is 6. The fourth-order valence-corrected chi connectivity index (χ4v) is 4.90. The van der Waals surface area contributed by atoms with Crippen LogP contribution in [-0.2, 0) is 11.2 Å². The molecule has 2 aliphatic rings. The Morgan fingerprint density at radius 1 is 1.00 bits per heavy atom. The monoisotopic (exact) mass is 435 g/mol. The predicted octanol–water partition coefficient (Wildman–Crippen LogP) is 4.23. The lowest BCUT2D eigenvalue weighted by Crippen LogP contribution is -2.25. The second-order valence-corrected chi connectivity index (χ2v) is 8.52. The van der Waals surface area contributed by atoms with Crippen LogP contribution in [0, 0.1) is 0 Å². The number of anilines is 2. The SMILES string of the molecule is O=C(Nc1nc2c(s1)CCCC2C(=O)Nc1ccc2c(c1)OCCO2)c1ccccc1. The van der Waals surface area contributed by atoms with Crippen molar-refractivity contribution in [2.45, 2.75) is 25.2 Å². The highest BCUT2D eigenvalue weighted by molar-refractivity contribution is 7.16. The molecule has 8 heteroatoms. The molecule has 158 valence electrons. The van der Waals surface area contributed by atoms with Gasteiger partial charge in [0.15, 0.2) is 16.6 Å². The Bertz CT molecular complexity index is 1130. The molecule has 1 unspecified atom stereocenters. The van der Waals surface area contributed by atoms with Crippen molar-refractivity contribution in [3.63, 3.8) is 0 Å². The fraction of sp³-hybridized carbons (Fsp3) is 0.261. The number of aromatic nitrogens is 1. The van der Waals surface area contributed by atoms with E-state index in [0.717, 1.165) is 29.8 Å². The van der Waals surface area contributed by atoms with Gasteiger partial charge in [-0.15, -0.1) is 11.3 Å². The number of carbonyl (C=O) groups excluding carboxylic acids is 2. The van der Waals surface area contributed by atoms with Crippen LogP contribution in [0.5, 0.6) is 11.5 Å². The quantitative estimate of drug-likeness (QED) is 0.640. The van der Waals surface area contributed by atoms with Crippen molar-refractivity contribution in [3.8, 4) is 11.5 Å². The predicted molar refractivity (Wildman–Crippen MR) is 118 cm³/mol. The largest absolute Gasteiger partial charge is 0.486 e. The van der Waals surface area contributed by atoms with Crippen molar-refractivity contribution in [2.24, 2.45) is 0 Å². The highest BCUT2D eigenvalue weighted by Crippen LogP contribution is 2.38. The smallest absolute Gasteiger partial charge is 0.257 e. The van der Waals surface area contributed by atoms with E-state index < -0.39 is 0 Å². The maximum absolute atomic E-state index is 13.0. The van der Waals surface area contributed by atoms with Crippen LogP contribution < -0.4 is 20.1 Å². The number of aryl methyl sites for hydroxylation is 1. The number of nitrogens with zero attached hydrogens (tertiary/aromatic N) is 1.